The van der Waals surface area contributed by atoms with Gasteiger partial charge in [0, 0.05) is 12.3 Å². The number of carbonyl (C=O) groups is 1. The molecule has 1 aliphatic heterocycles. The predicted molar refractivity (Wildman–Crippen MR) is 42.6 cm³/mol. The first-order valence-corrected chi connectivity index (χ1v) is 4.43. The predicted octanol–water partition coefficient (Wildman–Crippen LogP) is 1.12. The second kappa shape index (κ2) is 2.54. The molecule has 0 amide bonds. The maximum Gasteiger partial charge on any atom is 0.163 e. The summed E-state index contributed by atoms with van der Waals surface area (Å²) in [4.78, 5) is 11.1. The van der Waals surface area contributed by atoms with Crippen molar-refractivity contribution in [3.63, 3.8) is 0 Å². The molecule has 1 aliphatic carbocycles. The van der Waals surface area contributed by atoms with E-state index in [4.69, 9.17) is 9.47 Å². The number of Topliss-reactive ketones (excluding diaryl/α,β-unsaturated/α-hetero) is 1. The molecule has 0 N–H and O–H groups in total. The highest BCUT2D eigenvalue weighted by molar-refractivity contribution is 5.86. The van der Waals surface area contributed by atoms with Gasteiger partial charge in [-0.3, -0.25) is 4.79 Å². The molecule has 2 aliphatic rings. The van der Waals surface area contributed by atoms with Crippen molar-refractivity contribution in [2.75, 3.05) is 6.61 Å². The van der Waals surface area contributed by atoms with Crippen LogP contribution in [0.25, 0.3) is 0 Å². The summed E-state index contributed by atoms with van der Waals surface area (Å²) in [6.07, 6.45) is 1.72. The summed E-state index contributed by atoms with van der Waals surface area (Å²) in [5.41, 5.74) is 0. The van der Waals surface area contributed by atoms with Crippen LogP contribution in [0.1, 0.15) is 26.7 Å². The first-order chi connectivity index (χ1) is 5.58. The molecule has 2 atom stereocenters. The Kier molecular flexibility index (Phi) is 1.73. The minimum absolute atomic E-state index is 0.0150. The molecule has 68 valence electrons. The minimum atomic E-state index is -0.486. The Morgan fingerprint density at radius 3 is 2.58 bits per heavy atom. The second-order valence-electron chi connectivity index (χ2n) is 3.98. The largest absolute Gasteiger partial charge is 0.348 e. The normalized spacial score (nSPS) is 39.7. The van der Waals surface area contributed by atoms with E-state index in [0.29, 0.717) is 12.4 Å². The third kappa shape index (κ3) is 1.27. The van der Waals surface area contributed by atoms with Gasteiger partial charge in [0.05, 0.1) is 12.7 Å². The van der Waals surface area contributed by atoms with Crippen LogP contribution in [0.15, 0.2) is 0 Å². The summed E-state index contributed by atoms with van der Waals surface area (Å²) >= 11 is 0. The van der Waals surface area contributed by atoms with Gasteiger partial charge in [-0.15, -0.1) is 0 Å². The Bertz CT molecular complexity index is 210. The first kappa shape index (κ1) is 8.20. The molecule has 3 heteroatoms. The Hall–Kier alpha value is -0.410. The Morgan fingerprint density at radius 2 is 2.25 bits per heavy atom. The van der Waals surface area contributed by atoms with Gasteiger partial charge in [0.15, 0.2) is 5.79 Å². The van der Waals surface area contributed by atoms with Crippen LogP contribution in [0.2, 0.25) is 0 Å². The van der Waals surface area contributed by atoms with E-state index in [1.54, 1.807) is 0 Å². The number of carbonyl (C=O) groups excluding carboxylic acids is 1. The molecule has 0 aromatic carbocycles. The van der Waals surface area contributed by atoms with Crippen molar-refractivity contribution < 1.29 is 14.3 Å². The third-order valence-corrected chi connectivity index (χ3v) is 2.59. The van der Waals surface area contributed by atoms with Crippen LogP contribution in [-0.2, 0) is 14.3 Å². The Labute approximate surface area is 72.0 Å². The van der Waals surface area contributed by atoms with Gasteiger partial charge in [-0.2, -0.15) is 0 Å². The third-order valence-electron chi connectivity index (χ3n) is 2.59. The van der Waals surface area contributed by atoms with Gasteiger partial charge >= 0.3 is 0 Å². The fourth-order valence-electron chi connectivity index (χ4n) is 1.74. The SMILES string of the molecule is CC1(C)OCC(C2CCC2=O)O1. The Balaban J connectivity index is 1.95. The lowest BCUT2D eigenvalue weighted by Gasteiger charge is -2.29. The number of ether oxygens (including phenoxy) is 2. The molecule has 0 aromatic heterocycles. The highest BCUT2D eigenvalue weighted by atomic mass is 16.7. The number of ketones is 1. The van der Waals surface area contributed by atoms with Gasteiger partial charge in [0.25, 0.3) is 0 Å². The lowest BCUT2D eigenvalue weighted by Crippen LogP contribution is -2.38. The average Bonchev–Trinajstić information content (AvgIpc) is 2.27. The highest BCUT2D eigenvalue weighted by Crippen LogP contribution is 2.34. The van der Waals surface area contributed by atoms with E-state index in [9.17, 15) is 4.79 Å². The van der Waals surface area contributed by atoms with Crippen LogP contribution >= 0.6 is 0 Å². The average molecular weight is 170 g/mol. The second-order valence-corrected chi connectivity index (χ2v) is 3.98. The van der Waals surface area contributed by atoms with Crippen molar-refractivity contribution in [1.82, 2.24) is 0 Å². The van der Waals surface area contributed by atoms with Crippen molar-refractivity contribution in [3.8, 4) is 0 Å². The van der Waals surface area contributed by atoms with Crippen LogP contribution in [0.3, 0.4) is 0 Å². The number of hydrogen-bond acceptors (Lipinski definition) is 3. The first-order valence-electron chi connectivity index (χ1n) is 4.43. The molecule has 1 heterocycles. The standard InChI is InChI=1S/C9H14O3/c1-9(2)11-5-8(12-9)6-3-4-7(6)10/h6,8H,3-5H2,1-2H3. The molecule has 0 radical (unpaired) electrons. The molecule has 2 fully saturated rings. The molecule has 2 rings (SSSR count). The Morgan fingerprint density at radius 1 is 1.50 bits per heavy atom. The van der Waals surface area contributed by atoms with Gasteiger partial charge in [-0.05, 0) is 20.3 Å². The zero-order valence-corrected chi connectivity index (χ0v) is 7.50. The summed E-state index contributed by atoms with van der Waals surface area (Å²) < 4.78 is 11.0. The molecule has 3 nitrogen and oxygen atoms in total. The number of hydrogen-bond donors (Lipinski definition) is 0. The van der Waals surface area contributed by atoms with Crippen LogP contribution in [-0.4, -0.2) is 24.3 Å². The zero-order valence-electron chi connectivity index (χ0n) is 7.50. The summed E-state index contributed by atoms with van der Waals surface area (Å²) in [7, 11) is 0. The van der Waals surface area contributed by atoms with E-state index in [1.807, 2.05) is 13.8 Å². The van der Waals surface area contributed by atoms with E-state index >= 15 is 0 Å². The monoisotopic (exact) mass is 170 g/mol. The smallest absolute Gasteiger partial charge is 0.163 e. The molecule has 0 spiro atoms. The van der Waals surface area contributed by atoms with Gasteiger partial charge in [0.1, 0.15) is 5.78 Å². The zero-order chi connectivity index (χ0) is 8.77. The van der Waals surface area contributed by atoms with Crippen LogP contribution in [0.4, 0.5) is 0 Å². The summed E-state index contributed by atoms with van der Waals surface area (Å²) in [6.45, 7) is 4.34. The number of rotatable bonds is 1. The van der Waals surface area contributed by atoms with Gasteiger partial charge in [-0.25, -0.2) is 0 Å². The maximum absolute atomic E-state index is 11.1. The van der Waals surface area contributed by atoms with Crippen LogP contribution in [0, 0.1) is 5.92 Å². The summed E-state index contributed by atoms with van der Waals surface area (Å²) in [5.74, 6) is -0.0337. The maximum atomic E-state index is 11.1. The van der Waals surface area contributed by atoms with E-state index in [0.717, 1.165) is 12.8 Å². The lowest BCUT2D eigenvalue weighted by atomic mass is 9.80. The molecule has 12 heavy (non-hydrogen) atoms. The van der Waals surface area contributed by atoms with Gasteiger partial charge in [0.2, 0.25) is 0 Å². The fourth-order valence-corrected chi connectivity index (χ4v) is 1.74. The van der Waals surface area contributed by atoms with Crippen LogP contribution in [0.5, 0.6) is 0 Å². The molecule has 2 unspecified atom stereocenters. The molecule has 0 bridgehead atoms. The van der Waals surface area contributed by atoms with Crippen molar-refractivity contribution in [2.24, 2.45) is 5.92 Å². The molecule has 1 saturated carbocycles. The summed E-state index contributed by atoms with van der Waals surface area (Å²) in [6, 6.07) is 0. The highest BCUT2D eigenvalue weighted by Gasteiger charge is 2.43. The van der Waals surface area contributed by atoms with Crippen molar-refractivity contribution >= 4 is 5.78 Å². The molecular weight excluding hydrogens is 156 g/mol. The quantitative estimate of drug-likeness (QED) is 0.591. The van der Waals surface area contributed by atoms with E-state index in [-0.39, 0.29) is 12.0 Å². The van der Waals surface area contributed by atoms with Crippen molar-refractivity contribution in [2.45, 2.75) is 38.6 Å². The van der Waals surface area contributed by atoms with Gasteiger partial charge in [-0.1, -0.05) is 0 Å². The summed E-state index contributed by atoms with van der Waals surface area (Å²) in [5, 5.41) is 0. The molecular formula is C9H14O3. The van der Waals surface area contributed by atoms with Crippen molar-refractivity contribution in [3.05, 3.63) is 0 Å². The minimum Gasteiger partial charge on any atom is -0.348 e. The topological polar surface area (TPSA) is 35.5 Å². The van der Waals surface area contributed by atoms with E-state index in [2.05, 4.69) is 0 Å². The van der Waals surface area contributed by atoms with E-state index < -0.39 is 5.79 Å². The lowest BCUT2D eigenvalue weighted by molar-refractivity contribution is -0.155. The molecule has 1 saturated heterocycles. The molecule has 0 aromatic rings. The van der Waals surface area contributed by atoms with E-state index in [1.165, 1.54) is 0 Å². The van der Waals surface area contributed by atoms with Gasteiger partial charge < -0.3 is 9.47 Å². The van der Waals surface area contributed by atoms with Crippen molar-refractivity contribution in [1.29, 1.82) is 0 Å². The van der Waals surface area contributed by atoms with Crippen LogP contribution < -0.4 is 0 Å². The fraction of sp³-hybridized carbons (Fsp3) is 0.889.